The molecule has 16 heavy (non-hydrogen) atoms. The first-order valence-electron chi connectivity index (χ1n) is 5.93. The van der Waals surface area contributed by atoms with E-state index >= 15 is 0 Å². The molecule has 0 spiro atoms. The molecule has 0 radical (unpaired) electrons. The van der Waals surface area contributed by atoms with Crippen LogP contribution in [-0.4, -0.2) is 24.7 Å². The van der Waals surface area contributed by atoms with E-state index in [-0.39, 0.29) is 0 Å². The van der Waals surface area contributed by atoms with Gasteiger partial charge in [0.25, 0.3) is 0 Å². The molecule has 0 unspecified atom stereocenters. The van der Waals surface area contributed by atoms with Crippen molar-refractivity contribution in [3.63, 3.8) is 0 Å². The highest BCUT2D eigenvalue weighted by Gasteiger charge is 2.10. The molecular weight excluding hydrogens is 214 g/mol. The van der Waals surface area contributed by atoms with E-state index in [1.807, 2.05) is 17.8 Å². The molecule has 0 amide bonds. The van der Waals surface area contributed by atoms with Crippen molar-refractivity contribution in [2.45, 2.75) is 33.6 Å². The minimum atomic E-state index is 1.05. The third kappa shape index (κ3) is 4.09. The Labute approximate surface area is 105 Å². The zero-order chi connectivity index (χ0) is 12.6. The summed E-state index contributed by atoms with van der Waals surface area (Å²) >= 11 is 1.81. The molecule has 0 saturated heterocycles. The highest BCUT2D eigenvalue weighted by Crippen LogP contribution is 2.28. The van der Waals surface area contributed by atoms with Gasteiger partial charge in [0.1, 0.15) is 0 Å². The van der Waals surface area contributed by atoms with Crippen LogP contribution >= 0.6 is 11.8 Å². The van der Waals surface area contributed by atoms with Crippen molar-refractivity contribution >= 4 is 11.8 Å². The first-order chi connectivity index (χ1) is 7.65. The van der Waals surface area contributed by atoms with E-state index in [1.165, 1.54) is 16.2 Å². The first kappa shape index (κ1) is 15.4. The summed E-state index contributed by atoms with van der Waals surface area (Å²) in [4.78, 5) is 3.66. The summed E-state index contributed by atoms with van der Waals surface area (Å²) in [5.74, 6) is 0. The molecule has 2 heteroatoms. The van der Waals surface area contributed by atoms with E-state index in [4.69, 9.17) is 0 Å². The average molecular weight is 239 g/mol. The molecule has 0 aromatic rings. The van der Waals surface area contributed by atoms with Gasteiger partial charge in [0.15, 0.2) is 0 Å². The number of hydrogen-bond donors (Lipinski definition) is 0. The summed E-state index contributed by atoms with van der Waals surface area (Å²) in [6, 6.07) is 0. The number of nitrogens with zero attached hydrogens (tertiary/aromatic N) is 1. The van der Waals surface area contributed by atoms with Crippen LogP contribution in [0.5, 0.6) is 0 Å². The van der Waals surface area contributed by atoms with Crippen molar-refractivity contribution in [3.8, 4) is 0 Å². The topological polar surface area (TPSA) is 3.24 Å². The van der Waals surface area contributed by atoms with Crippen LogP contribution in [0.15, 0.2) is 34.9 Å². The van der Waals surface area contributed by atoms with Crippen LogP contribution in [0.1, 0.15) is 33.6 Å². The SMILES string of the molecule is C=C/C(=C(CC)\C(=C/C)SC)N(C)CCC. The van der Waals surface area contributed by atoms with Gasteiger partial charge in [0.05, 0.1) is 0 Å². The minimum absolute atomic E-state index is 1.05. The summed E-state index contributed by atoms with van der Waals surface area (Å²) < 4.78 is 0. The van der Waals surface area contributed by atoms with E-state index in [9.17, 15) is 0 Å². The Morgan fingerprint density at radius 2 is 2.00 bits per heavy atom. The molecule has 92 valence electrons. The highest BCUT2D eigenvalue weighted by molar-refractivity contribution is 8.02. The summed E-state index contributed by atoms with van der Waals surface area (Å²) in [5, 5.41) is 0. The molecule has 1 nitrogen and oxygen atoms in total. The Morgan fingerprint density at radius 1 is 1.38 bits per heavy atom. The van der Waals surface area contributed by atoms with Crippen molar-refractivity contribution in [2.75, 3.05) is 19.8 Å². The predicted molar refractivity (Wildman–Crippen MR) is 77.7 cm³/mol. The fourth-order valence-corrected chi connectivity index (χ4v) is 2.59. The van der Waals surface area contributed by atoms with Gasteiger partial charge in [-0.25, -0.2) is 0 Å². The lowest BCUT2D eigenvalue weighted by molar-refractivity contribution is 0.425. The number of hydrogen-bond acceptors (Lipinski definition) is 2. The molecule has 0 aliphatic heterocycles. The maximum absolute atomic E-state index is 3.95. The molecule has 0 N–H and O–H groups in total. The Bertz CT molecular complexity index is 276. The average Bonchev–Trinajstić information content (AvgIpc) is 2.29. The third-order valence-corrected chi connectivity index (χ3v) is 3.53. The van der Waals surface area contributed by atoms with Crippen LogP contribution in [-0.2, 0) is 0 Å². The Balaban J connectivity index is 5.27. The van der Waals surface area contributed by atoms with Crippen LogP contribution in [0.2, 0.25) is 0 Å². The fraction of sp³-hybridized carbons (Fsp3) is 0.571. The molecular formula is C14H25NS. The maximum Gasteiger partial charge on any atom is 0.0401 e. The maximum atomic E-state index is 3.95. The molecule has 0 rings (SSSR count). The normalized spacial score (nSPS) is 13.4. The largest absolute Gasteiger partial charge is 0.374 e. The molecule has 0 saturated carbocycles. The highest BCUT2D eigenvalue weighted by atomic mass is 32.2. The molecule has 0 fully saturated rings. The second kappa shape index (κ2) is 8.51. The van der Waals surface area contributed by atoms with Crippen molar-refractivity contribution in [1.29, 1.82) is 0 Å². The number of likely N-dealkylation sites (N-methyl/N-ethyl adjacent to an activating group) is 1. The quantitative estimate of drug-likeness (QED) is 0.604. The summed E-state index contributed by atoms with van der Waals surface area (Å²) in [5.41, 5.74) is 2.67. The van der Waals surface area contributed by atoms with Gasteiger partial charge < -0.3 is 4.90 Å². The summed E-state index contributed by atoms with van der Waals surface area (Å²) in [7, 11) is 2.14. The van der Waals surface area contributed by atoms with Gasteiger partial charge in [0, 0.05) is 24.2 Å². The van der Waals surface area contributed by atoms with Gasteiger partial charge in [-0.2, -0.15) is 0 Å². The van der Waals surface area contributed by atoms with Crippen LogP contribution in [0.4, 0.5) is 0 Å². The number of rotatable bonds is 7. The van der Waals surface area contributed by atoms with E-state index < -0.39 is 0 Å². The molecule has 0 aromatic carbocycles. The van der Waals surface area contributed by atoms with E-state index in [1.54, 1.807) is 0 Å². The van der Waals surface area contributed by atoms with Gasteiger partial charge in [-0.05, 0) is 37.7 Å². The summed E-state index contributed by atoms with van der Waals surface area (Å²) in [6.45, 7) is 11.5. The Morgan fingerprint density at radius 3 is 2.31 bits per heavy atom. The lowest BCUT2D eigenvalue weighted by Gasteiger charge is -2.24. The Hall–Kier alpha value is -0.630. The van der Waals surface area contributed by atoms with Crippen LogP contribution < -0.4 is 0 Å². The van der Waals surface area contributed by atoms with Crippen LogP contribution in [0.3, 0.4) is 0 Å². The van der Waals surface area contributed by atoms with Gasteiger partial charge in [-0.15, -0.1) is 11.8 Å². The minimum Gasteiger partial charge on any atom is -0.374 e. The molecule has 0 atom stereocenters. The first-order valence-corrected chi connectivity index (χ1v) is 7.15. The van der Waals surface area contributed by atoms with Crippen molar-refractivity contribution < 1.29 is 0 Å². The van der Waals surface area contributed by atoms with Crippen molar-refractivity contribution in [1.82, 2.24) is 4.90 Å². The van der Waals surface area contributed by atoms with E-state index in [0.717, 1.165) is 19.4 Å². The van der Waals surface area contributed by atoms with Crippen molar-refractivity contribution in [2.24, 2.45) is 0 Å². The smallest absolute Gasteiger partial charge is 0.0401 e. The molecule has 0 bridgehead atoms. The van der Waals surface area contributed by atoms with Gasteiger partial charge >= 0.3 is 0 Å². The molecule has 0 heterocycles. The van der Waals surface area contributed by atoms with Crippen molar-refractivity contribution in [3.05, 3.63) is 34.9 Å². The summed E-state index contributed by atoms with van der Waals surface area (Å²) in [6.07, 6.45) is 8.51. The zero-order valence-corrected chi connectivity index (χ0v) is 12.2. The molecule has 0 aromatic heterocycles. The van der Waals surface area contributed by atoms with Gasteiger partial charge in [-0.3, -0.25) is 0 Å². The second-order valence-corrected chi connectivity index (χ2v) is 4.55. The van der Waals surface area contributed by atoms with Crippen LogP contribution in [0.25, 0.3) is 0 Å². The zero-order valence-electron chi connectivity index (χ0n) is 11.3. The monoisotopic (exact) mass is 239 g/mol. The van der Waals surface area contributed by atoms with Gasteiger partial charge in [-0.1, -0.05) is 26.5 Å². The third-order valence-electron chi connectivity index (χ3n) is 2.61. The number of thioether (sulfide) groups is 1. The standard InChI is InChI=1S/C14H25NS/c1-7-11-15(5)13(9-3)12(8-2)14(10-4)16-6/h9-10H,3,7-8,11H2,1-2,4-6H3/b13-12+,14-10+. The van der Waals surface area contributed by atoms with Gasteiger partial charge in [0.2, 0.25) is 0 Å². The van der Waals surface area contributed by atoms with E-state index in [0.29, 0.717) is 0 Å². The molecule has 0 aliphatic carbocycles. The number of allylic oxidation sites excluding steroid dienone is 3. The second-order valence-electron chi connectivity index (χ2n) is 3.70. The fourth-order valence-electron chi connectivity index (χ4n) is 1.86. The Kier molecular flexibility index (Phi) is 8.18. The van der Waals surface area contributed by atoms with E-state index in [2.05, 4.69) is 51.6 Å². The lowest BCUT2D eigenvalue weighted by atomic mass is 10.1. The molecule has 0 aliphatic rings. The lowest BCUT2D eigenvalue weighted by Crippen LogP contribution is -2.19. The van der Waals surface area contributed by atoms with Crippen LogP contribution in [0, 0.1) is 0 Å². The predicted octanol–water partition coefficient (Wildman–Crippen LogP) is 4.45.